The lowest BCUT2D eigenvalue weighted by Gasteiger charge is -2.27. The van der Waals surface area contributed by atoms with Crippen molar-refractivity contribution in [2.75, 3.05) is 6.54 Å². The maximum Gasteiger partial charge on any atom is 0.451 e. The van der Waals surface area contributed by atoms with Crippen LogP contribution in [0, 0.1) is 0 Å². The zero-order valence-electron chi connectivity index (χ0n) is 12.7. The minimum atomic E-state index is -4.50. The zero-order chi connectivity index (χ0) is 16.7. The van der Waals surface area contributed by atoms with Crippen molar-refractivity contribution in [3.63, 3.8) is 0 Å². The predicted molar refractivity (Wildman–Crippen MR) is 86.7 cm³/mol. The van der Waals surface area contributed by atoms with Gasteiger partial charge in [-0.3, -0.25) is 4.90 Å². The van der Waals surface area contributed by atoms with Gasteiger partial charge in [0, 0.05) is 35.4 Å². The number of thiophene rings is 1. The molecule has 0 saturated carbocycles. The van der Waals surface area contributed by atoms with Crippen molar-refractivity contribution in [1.29, 1.82) is 0 Å². The van der Waals surface area contributed by atoms with Gasteiger partial charge in [-0.25, -0.2) is 9.97 Å². The highest BCUT2D eigenvalue weighted by Crippen LogP contribution is 2.30. The van der Waals surface area contributed by atoms with Crippen LogP contribution in [-0.2, 0) is 25.7 Å². The van der Waals surface area contributed by atoms with E-state index in [1.807, 2.05) is 12.1 Å². The molecule has 0 N–H and O–H groups in total. The van der Waals surface area contributed by atoms with Crippen LogP contribution in [0.3, 0.4) is 0 Å². The Bertz CT molecular complexity index is 855. The molecule has 0 amide bonds. The van der Waals surface area contributed by atoms with Crippen molar-refractivity contribution in [1.82, 2.24) is 14.9 Å². The van der Waals surface area contributed by atoms with Crippen LogP contribution in [-0.4, -0.2) is 21.4 Å². The normalized spacial score (nSPS) is 15.6. The Morgan fingerprint density at radius 1 is 1.21 bits per heavy atom. The van der Waals surface area contributed by atoms with Gasteiger partial charge in [-0.15, -0.1) is 11.3 Å². The number of hydrogen-bond donors (Lipinski definition) is 0. The van der Waals surface area contributed by atoms with E-state index in [2.05, 4.69) is 33.1 Å². The van der Waals surface area contributed by atoms with E-state index in [1.54, 1.807) is 11.3 Å². The van der Waals surface area contributed by atoms with Crippen molar-refractivity contribution in [3.8, 4) is 0 Å². The molecule has 0 bridgehead atoms. The maximum absolute atomic E-state index is 12.8. The number of halogens is 3. The molecule has 0 fully saturated rings. The summed E-state index contributed by atoms with van der Waals surface area (Å²) in [6, 6.07) is 10.3. The minimum Gasteiger partial charge on any atom is -0.292 e. The Morgan fingerprint density at radius 2 is 2.04 bits per heavy atom. The molecule has 0 spiro atoms. The Kier molecular flexibility index (Phi) is 3.77. The highest BCUT2D eigenvalue weighted by atomic mass is 32.1. The van der Waals surface area contributed by atoms with Crippen molar-refractivity contribution < 1.29 is 13.2 Å². The lowest BCUT2D eigenvalue weighted by molar-refractivity contribution is -0.145. The summed E-state index contributed by atoms with van der Waals surface area (Å²) in [6.45, 7) is 1.95. The zero-order valence-corrected chi connectivity index (χ0v) is 13.5. The molecule has 0 atom stereocenters. The van der Waals surface area contributed by atoms with E-state index in [9.17, 15) is 13.2 Å². The molecule has 0 unspecified atom stereocenters. The second kappa shape index (κ2) is 5.82. The SMILES string of the molecule is FC(F)(F)c1ncc2c(n1)CN(Cc1cc3ccccc3s1)CC2. The number of benzene rings is 1. The predicted octanol–water partition coefficient (Wildman–Crippen LogP) is 4.27. The van der Waals surface area contributed by atoms with Gasteiger partial charge in [0.05, 0.1) is 5.69 Å². The van der Waals surface area contributed by atoms with Gasteiger partial charge in [0.2, 0.25) is 5.82 Å². The first-order valence-corrected chi connectivity index (χ1v) is 8.42. The Hall–Kier alpha value is -1.99. The molecule has 1 aromatic carbocycles. The van der Waals surface area contributed by atoms with Crippen LogP contribution in [0.25, 0.3) is 10.1 Å². The third-order valence-corrected chi connectivity index (χ3v) is 5.24. The molecule has 124 valence electrons. The van der Waals surface area contributed by atoms with Gasteiger partial charge in [-0.1, -0.05) is 18.2 Å². The minimum absolute atomic E-state index is 0.426. The molecule has 1 aliphatic heterocycles. The van der Waals surface area contributed by atoms with E-state index in [0.29, 0.717) is 18.7 Å². The molecule has 0 aliphatic carbocycles. The first kappa shape index (κ1) is 15.5. The largest absolute Gasteiger partial charge is 0.451 e. The standard InChI is InChI=1S/C17H14F3N3S/c18-17(19,20)16-21-8-12-5-6-23(10-14(12)22-16)9-13-7-11-3-1-2-4-15(11)24-13/h1-4,7-8H,5-6,9-10H2. The molecule has 1 aliphatic rings. The van der Waals surface area contributed by atoms with Crippen LogP contribution in [0.15, 0.2) is 36.5 Å². The van der Waals surface area contributed by atoms with Gasteiger partial charge in [-0.2, -0.15) is 13.2 Å². The highest BCUT2D eigenvalue weighted by Gasteiger charge is 2.35. The van der Waals surface area contributed by atoms with Gasteiger partial charge >= 0.3 is 6.18 Å². The molecule has 3 heterocycles. The third kappa shape index (κ3) is 3.01. The van der Waals surface area contributed by atoms with E-state index >= 15 is 0 Å². The average molecular weight is 349 g/mol. The molecular weight excluding hydrogens is 335 g/mol. The molecule has 7 heteroatoms. The number of alkyl halides is 3. The van der Waals surface area contributed by atoms with E-state index in [1.165, 1.54) is 21.2 Å². The molecule has 24 heavy (non-hydrogen) atoms. The smallest absolute Gasteiger partial charge is 0.292 e. The van der Waals surface area contributed by atoms with Crippen LogP contribution in [0.2, 0.25) is 0 Å². The molecule has 2 aromatic heterocycles. The van der Waals surface area contributed by atoms with Gasteiger partial charge in [-0.05, 0) is 29.5 Å². The Labute approximate surface area is 140 Å². The van der Waals surface area contributed by atoms with Crippen LogP contribution in [0.4, 0.5) is 13.2 Å². The molecule has 3 nitrogen and oxygen atoms in total. The van der Waals surface area contributed by atoms with Crippen molar-refractivity contribution in [2.45, 2.75) is 25.7 Å². The second-order valence-corrected chi connectivity index (χ2v) is 7.04. The summed E-state index contributed by atoms with van der Waals surface area (Å²) in [5.74, 6) is -1.05. The van der Waals surface area contributed by atoms with Gasteiger partial charge in [0.1, 0.15) is 0 Å². The third-order valence-electron chi connectivity index (χ3n) is 4.13. The Morgan fingerprint density at radius 3 is 2.83 bits per heavy atom. The van der Waals surface area contributed by atoms with Crippen LogP contribution in [0.1, 0.15) is 22.0 Å². The summed E-state index contributed by atoms with van der Waals surface area (Å²) in [7, 11) is 0. The first-order valence-electron chi connectivity index (χ1n) is 7.61. The van der Waals surface area contributed by atoms with Gasteiger partial charge < -0.3 is 0 Å². The molecule has 4 rings (SSSR count). The van der Waals surface area contributed by atoms with Gasteiger partial charge in [0.25, 0.3) is 0 Å². The fourth-order valence-electron chi connectivity index (χ4n) is 2.96. The van der Waals surface area contributed by atoms with Crippen molar-refractivity contribution in [3.05, 3.63) is 58.5 Å². The number of aromatic nitrogens is 2. The fraction of sp³-hybridized carbons (Fsp3) is 0.294. The maximum atomic E-state index is 12.8. The summed E-state index contributed by atoms with van der Waals surface area (Å²) in [4.78, 5) is 10.5. The van der Waals surface area contributed by atoms with Crippen LogP contribution < -0.4 is 0 Å². The molecular formula is C17H14F3N3S. The fourth-order valence-corrected chi connectivity index (χ4v) is 4.07. The molecule has 0 saturated heterocycles. The van der Waals surface area contributed by atoms with Crippen molar-refractivity contribution in [2.24, 2.45) is 0 Å². The second-order valence-electron chi connectivity index (χ2n) is 5.87. The summed E-state index contributed by atoms with van der Waals surface area (Å²) in [6.07, 6.45) is -2.50. The first-order chi connectivity index (χ1) is 11.5. The van der Waals surface area contributed by atoms with E-state index in [-0.39, 0.29) is 0 Å². The quantitative estimate of drug-likeness (QED) is 0.692. The average Bonchev–Trinajstić information content (AvgIpc) is 2.95. The number of hydrogen-bond acceptors (Lipinski definition) is 4. The highest BCUT2D eigenvalue weighted by molar-refractivity contribution is 7.19. The monoisotopic (exact) mass is 349 g/mol. The summed E-state index contributed by atoms with van der Waals surface area (Å²) >= 11 is 1.73. The van der Waals surface area contributed by atoms with E-state index in [4.69, 9.17) is 0 Å². The summed E-state index contributed by atoms with van der Waals surface area (Å²) in [5.41, 5.74) is 1.31. The van der Waals surface area contributed by atoms with Crippen molar-refractivity contribution >= 4 is 21.4 Å². The summed E-state index contributed by atoms with van der Waals surface area (Å²) < 4.78 is 39.6. The number of fused-ring (bicyclic) bond motifs is 2. The summed E-state index contributed by atoms with van der Waals surface area (Å²) in [5, 5.41) is 1.21. The van der Waals surface area contributed by atoms with E-state index < -0.39 is 12.0 Å². The van der Waals surface area contributed by atoms with E-state index in [0.717, 1.165) is 18.7 Å². The van der Waals surface area contributed by atoms with Crippen LogP contribution >= 0.6 is 11.3 Å². The van der Waals surface area contributed by atoms with Gasteiger partial charge in [0.15, 0.2) is 0 Å². The lowest BCUT2D eigenvalue weighted by atomic mass is 10.1. The number of nitrogens with zero attached hydrogens (tertiary/aromatic N) is 3. The van der Waals surface area contributed by atoms with Crippen LogP contribution in [0.5, 0.6) is 0 Å². The Balaban J connectivity index is 1.55. The molecule has 0 radical (unpaired) electrons. The number of rotatable bonds is 2. The lowest BCUT2D eigenvalue weighted by Crippen LogP contribution is -2.31. The topological polar surface area (TPSA) is 29.0 Å². The molecule has 3 aromatic rings.